The lowest BCUT2D eigenvalue weighted by molar-refractivity contribution is 0.0600. The van der Waals surface area contributed by atoms with Crippen LogP contribution < -0.4 is 4.74 Å². The van der Waals surface area contributed by atoms with Gasteiger partial charge in [-0.25, -0.2) is 14.0 Å². The number of hydrogen-bond acceptors (Lipinski definition) is 4. The highest BCUT2D eigenvalue weighted by molar-refractivity contribution is 5.89. The molecule has 0 spiro atoms. The summed E-state index contributed by atoms with van der Waals surface area (Å²) in [4.78, 5) is 24.3. The van der Waals surface area contributed by atoms with Gasteiger partial charge in [-0.15, -0.1) is 0 Å². The van der Waals surface area contributed by atoms with Crippen LogP contribution in [0, 0.1) is 11.7 Å². The van der Waals surface area contributed by atoms with Crippen molar-refractivity contribution < 1.29 is 28.6 Å². The molecule has 1 fully saturated rings. The lowest BCUT2D eigenvalue weighted by Gasteiger charge is -2.37. The Morgan fingerprint density at radius 3 is 2.43 bits per heavy atom. The Bertz CT molecular complexity index is 822. The van der Waals surface area contributed by atoms with E-state index in [1.165, 1.54) is 24.1 Å². The summed E-state index contributed by atoms with van der Waals surface area (Å²) in [5.74, 6) is -0.142. The van der Waals surface area contributed by atoms with E-state index in [2.05, 4.69) is 4.74 Å². The molecule has 2 aromatic carbocycles. The van der Waals surface area contributed by atoms with Gasteiger partial charge in [-0.3, -0.25) is 0 Å². The summed E-state index contributed by atoms with van der Waals surface area (Å²) in [5.41, 5.74) is 1.40. The van der Waals surface area contributed by atoms with Crippen molar-refractivity contribution in [3.8, 4) is 5.75 Å². The van der Waals surface area contributed by atoms with E-state index < -0.39 is 12.1 Å². The Morgan fingerprint density at radius 1 is 1.14 bits per heavy atom. The largest absolute Gasteiger partial charge is 0.493 e. The van der Waals surface area contributed by atoms with Gasteiger partial charge in [0, 0.05) is 19.0 Å². The van der Waals surface area contributed by atoms with Gasteiger partial charge in [-0.05, 0) is 54.3 Å². The molecular weight excluding hydrogens is 365 g/mol. The fraction of sp³-hybridized carbons (Fsp3) is 0.333. The standard InChI is InChI=1S/C21H22FNO5/c1-27-20(24)15-4-8-18(9-5-15)28-13-16-12-23(21(25)26)11-10-19(16)14-2-6-17(22)7-3-14/h2-9,16,19H,10-13H2,1H3,(H,25,26)/t16-,19-/m0/s1. The van der Waals surface area contributed by atoms with Gasteiger partial charge >= 0.3 is 12.1 Å². The molecule has 3 rings (SSSR count). The number of carbonyl (C=O) groups is 2. The SMILES string of the molecule is COC(=O)c1ccc(OC[C@@H]2CN(C(=O)O)CC[C@H]2c2ccc(F)cc2)cc1. The molecule has 0 aliphatic carbocycles. The summed E-state index contributed by atoms with van der Waals surface area (Å²) < 4.78 is 23.8. The lowest BCUT2D eigenvalue weighted by Crippen LogP contribution is -2.44. The van der Waals surface area contributed by atoms with Gasteiger partial charge in [0.2, 0.25) is 0 Å². The van der Waals surface area contributed by atoms with E-state index in [4.69, 9.17) is 4.74 Å². The molecule has 7 heteroatoms. The zero-order chi connectivity index (χ0) is 20.1. The van der Waals surface area contributed by atoms with Gasteiger partial charge in [-0.1, -0.05) is 12.1 Å². The molecule has 1 amide bonds. The van der Waals surface area contributed by atoms with Crippen molar-refractivity contribution in [1.29, 1.82) is 0 Å². The van der Waals surface area contributed by atoms with Crippen LogP contribution in [0.25, 0.3) is 0 Å². The first-order chi connectivity index (χ1) is 13.5. The Kier molecular flexibility index (Phi) is 6.13. The van der Waals surface area contributed by atoms with Crippen LogP contribution in [-0.4, -0.2) is 48.9 Å². The number of hydrogen-bond donors (Lipinski definition) is 1. The quantitative estimate of drug-likeness (QED) is 0.791. The van der Waals surface area contributed by atoms with Gasteiger partial charge in [-0.2, -0.15) is 0 Å². The summed E-state index contributed by atoms with van der Waals surface area (Å²) in [7, 11) is 1.32. The van der Waals surface area contributed by atoms with E-state index in [9.17, 15) is 19.1 Å². The van der Waals surface area contributed by atoms with Crippen molar-refractivity contribution in [1.82, 2.24) is 4.90 Å². The number of methoxy groups -OCH3 is 1. The topological polar surface area (TPSA) is 76.1 Å². The van der Waals surface area contributed by atoms with Gasteiger partial charge < -0.3 is 19.5 Å². The number of rotatable bonds is 5. The molecule has 2 aromatic rings. The van der Waals surface area contributed by atoms with E-state index in [0.717, 1.165) is 5.56 Å². The molecule has 28 heavy (non-hydrogen) atoms. The van der Waals surface area contributed by atoms with Crippen molar-refractivity contribution in [2.75, 3.05) is 26.8 Å². The Hall–Kier alpha value is -3.09. The maximum absolute atomic E-state index is 13.3. The van der Waals surface area contributed by atoms with Crippen LogP contribution >= 0.6 is 0 Å². The fourth-order valence-electron chi connectivity index (χ4n) is 3.53. The second kappa shape index (κ2) is 8.73. The number of carboxylic acid groups (broad SMARTS) is 1. The number of halogens is 1. The predicted molar refractivity (Wildman–Crippen MR) is 100 cm³/mol. The zero-order valence-electron chi connectivity index (χ0n) is 15.5. The minimum Gasteiger partial charge on any atom is -0.493 e. The number of esters is 1. The highest BCUT2D eigenvalue weighted by Crippen LogP contribution is 2.34. The minimum absolute atomic E-state index is 0.0735. The molecule has 0 aromatic heterocycles. The number of ether oxygens (including phenoxy) is 2. The fourth-order valence-corrected chi connectivity index (χ4v) is 3.53. The van der Waals surface area contributed by atoms with Crippen LogP contribution in [0.15, 0.2) is 48.5 Å². The summed E-state index contributed by atoms with van der Waals surface area (Å²) in [5, 5.41) is 9.33. The smallest absolute Gasteiger partial charge is 0.407 e. The van der Waals surface area contributed by atoms with Crippen LogP contribution in [0.4, 0.5) is 9.18 Å². The highest BCUT2D eigenvalue weighted by atomic mass is 19.1. The van der Waals surface area contributed by atoms with Crippen molar-refractivity contribution in [2.24, 2.45) is 5.92 Å². The maximum Gasteiger partial charge on any atom is 0.407 e. The van der Waals surface area contributed by atoms with Crippen molar-refractivity contribution in [3.05, 3.63) is 65.5 Å². The molecule has 0 unspecified atom stereocenters. The normalized spacial score (nSPS) is 19.1. The summed E-state index contributed by atoms with van der Waals surface area (Å²) in [6.07, 6.45) is -0.308. The molecule has 0 saturated carbocycles. The van der Waals surface area contributed by atoms with E-state index in [-0.39, 0.29) is 17.7 Å². The Labute approximate surface area is 162 Å². The molecule has 1 aliphatic rings. The number of carbonyl (C=O) groups excluding carboxylic acids is 1. The third-order valence-electron chi connectivity index (χ3n) is 5.04. The van der Waals surface area contributed by atoms with E-state index in [0.29, 0.717) is 37.4 Å². The number of likely N-dealkylation sites (tertiary alicyclic amines) is 1. The maximum atomic E-state index is 13.3. The second-order valence-electron chi connectivity index (χ2n) is 6.76. The average Bonchev–Trinajstić information content (AvgIpc) is 2.72. The molecule has 148 valence electrons. The Balaban J connectivity index is 1.71. The van der Waals surface area contributed by atoms with E-state index in [1.807, 2.05) is 0 Å². The van der Waals surface area contributed by atoms with Crippen LogP contribution in [0.1, 0.15) is 28.3 Å². The first-order valence-corrected chi connectivity index (χ1v) is 9.02. The molecule has 0 radical (unpaired) electrons. The monoisotopic (exact) mass is 387 g/mol. The molecule has 2 atom stereocenters. The molecule has 0 bridgehead atoms. The van der Waals surface area contributed by atoms with Crippen molar-refractivity contribution in [2.45, 2.75) is 12.3 Å². The summed E-state index contributed by atoms with van der Waals surface area (Å²) >= 11 is 0. The summed E-state index contributed by atoms with van der Waals surface area (Å²) in [6.45, 7) is 1.09. The average molecular weight is 387 g/mol. The number of amides is 1. The number of nitrogens with zero attached hydrogens (tertiary/aromatic N) is 1. The van der Waals surface area contributed by atoms with E-state index in [1.54, 1.807) is 36.4 Å². The van der Waals surface area contributed by atoms with Crippen LogP contribution in [0.3, 0.4) is 0 Å². The molecule has 1 aliphatic heterocycles. The van der Waals surface area contributed by atoms with Crippen LogP contribution in [-0.2, 0) is 4.74 Å². The first-order valence-electron chi connectivity index (χ1n) is 9.02. The van der Waals surface area contributed by atoms with E-state index >= 15 is 0 Å². The molecule has 1 saturated heterocycles. The van der Waals surface area contributed by atoms with Crippen LogP contribution in [0.2, 0.25) is 0 Å². The van der Waals surface area contributed by atoms with Crippen molar-refractivity contribution in [3.63, 3.8) is 0 Å². The van der Waals surface area contributed by atoms with Crippen LogP contribution in [0.5, 0.6) is 5.75 Å². The molecule has 1 heterocycles. The Morgan fingerprint density at radius 2 is 1.82 bits per heavy atom. The van der Waals surface area contributed by atoms with Crippen molar-refractivity contribution >= 4 is 12.1 Å². The predicted octanol–water partition coefficient (Wildman–Crippen LogP) is 3.77. The minimum atomic E-state index is -0.954. The van der Waals surface area contributed by atoms with Gasteiger partial charge in [0.25, 0.3) is 0 Å². The molecular formula is C21H22FNO5. The first kappa shape index (κ1) is 19.7. The molecule has 1 N–H and O–H groups in total. The third-order valence-corrected chi connectivity index (χ3v) is 5.04. The lowest BCUT2D eigenvalue weighted by atomic mass is 9.81. The third kappa shape index (κ3) is 4.60. The van der Waals surface area contributed by atoms with Gasteiger partial charge in [0.1, 0.15) is 11.6 Å². The number of benzene rings is 2. The highest BCUT2D eigenvalue weighted by Gasteiger charge is 2.33. The zero-order valence-corrected chi connectivity index (χ0v) is 15.5. The number of piperidine rings is 1. The molecule has 6 nitrogen and oxygen atoms in total. The summed E-state index contributed by atoms with van der Waals surface area (Å²) in [6, 6.07) is 12.9. The van der Waals surface area contributed by atoms with Gasteiger partial charge in [0.05, 0.1) is 19.3 Å². The van der Waals surface area contributed by atoms with Gasteiger partial charge in [0.15, 0.2) is 0 Å². The second-order valence-corrected chi connectivity index (χ2v) is 6.76.